The van der Waals surface area contributed by atoms with Crippen LogP contribution in [0.5, 0.6) is 0 Å². The molecule has 0 saturated heterocycles. The molecule has 0 aromatic rings. The van der Waals surface area contributed by atoms with Crippen molar-refractivity contribution in [3.05, 3.63) is 11.9 Å². The van der Waals surface area contributed by atoms with E-state index < -0.39 is 7.29 Å². The first-order valence-corrected chi connectivity index (χ1v) is 5.21. The predicted molar refractivity (Wildman–Crippen MR) is 43.1 cm³/mol. The van der Waals surface area contributed by atoms with Crippen molar-refractivity contribution in [2.45, 2.75) is 6.04 Å². The fourth-order valence-corrected chi connectivity index (χ4v) is 2.21. The van der Waals surface area contributed by atoms with E-state index in [9.17, 15) is 4.57 Å². The van der Waals surface area contributed by atoms with Gasteiger partial charge in [0.15, 0.2) is 7.29 Å². The third kappa shape index (κ3) is 1.03. The molecule has 0 aromatic heterocycles. The standard InChI is InChI=1S/C7H10NOP/c1-4-7-5-6-10(3,9)8(7)2/h1,5-7H,2-3H3. The van der Waals surface area contributed by atoms with Gasteiger partial charge in [0, 0.05) is 6.66 Å². The van der Waals surface area contributed by atoms with E-state index in [-0.39, 0.29) is 6.04 Å². The lowest BCUT2D eigenvalue weighted by molar-refractivity contribution is 0.486. The van der Waals surface area contributed by atoms with E-state index in [2.05, 4.69) is 5.92 Å². The Kier molecular flexibility index (Phi) is 1.72. The lowest BCUT2D eigenvalue weighted by Crippen LogP contribution is -2.19. The number of rotatable bonds is 0. The SMILES string of the molecule is C#CC1C=CP(C)(=O)N1C. The summed E-state index contributed by atoms with van der Waals surface area (Å²) in [5.74, 6) is 4.24. The first kappa shape index (κ1) is 7.60. The summed E-state index contributed by atoms with van der Waals surface area (Å²) in [6.07, 6.45) is 6.99. The smallest absolute Gasteiger partial charge is 0.169 e. The van der Waals surface area contributed by atoms with Crippen LogP contribution in [0.25, 0.3) is 0 Å². The molecule has 3 heteroatoms. The molecule has 0 aliphatic carbocycles. The summed E-state index contributed by atoms with van der Waals surface area (Å²) in [6.45, 7) is 1.71. The molecule has 0 bridgehead atoms. The van der Waals surface area contributed by atoms with E-state index >= 15 is 0 Å². The quantitative estimate of drug-likeness (QED) is 0.389. The summed E-state index contributed by atoms with van der Waals surface area (Å²) in [5.41, 5.74) is 0. The van der Waals surface area contributed by atoms with Gasteiger partial charge in [-0.05, 0) is 12.9 Å². The Hall–Kier alpha value is -0.510. The Morgan fingerprint density at radius 2 is 2.40 bits per heavy atom. The molecule has 0 spiro atoms. The van der Waals surface area contributed by atoms with Crippen LogP contribution in [0.1, 0.15) is 0 Å². The van der Waals surface area contributed by atoms with Gasteiger partial charge < -0.3 is 4.57 Å². The van der Waals surface area contributed by atoms with Crippen molar-refractivity contribution in [2.75, 3.05) is 13.7 Å². The van der Waals surface area contributed by atoms with Crippen molar-refractivity contribution in [2.24, 2.45) is 0 Å². The van der Waals surface area contributed by atoms with Crippen molar-refractivity contribution in [1.82, 2.24) is 4.67 Å². The summed E-state index contributed by atoms with van der Waals surface area (Å²) in [6, 6.07) is -0.0733. The van der Waals surface area contributed by atoms with E-state index in [0.29, 0.717) is 0 Å². The number of hydrogen-bond acceptors (Lipinski definition) is 1. The maximum Gasteiger partial charge on any atom is 0.169 e. The number of likely N-dealkylation sites (N-methyl/N-ethyl adjacent to an activating group) is 1. The Morgan fingerprint density at radius 3 is 2.60 bits per heavy atom. The maximum absolute atomic E-state index is 11.5. The van der Waals surface area contributed by atoms with Crippen LogP contribution in [0, 0.1) is 12.3 Å². The zero-order valence-electron chi connectivity index (χ0n) is 6.11. The minimum Gasteiger partial charge on any atom is -0.302 e. The molecule has 0 amide bonds. The molecule has 10 heavy (non-hydrogen) atoms. The minimum atomic E-state index is -2.20. The van der Waals surface area contributed by atoms with Crippen LogP contribution in [0.2, 0.25) is 0 Å². The van der Waals surface area contributed by atoms with Gasteiger partial charge in [0.2, 0.25) is 0 Å². The van der Waals surface area contributed by atoms with Crippen molar-refractivity contribution >= 4 is 7.29 Å². The molecule has 2 nitrogen and oxygen atoms in total. The molecule has 1 heterocycles. The molecule has 0 N–H and O–H groups in total. The molecule has 2 unspecified atom stereocenters. The first-order valence-electron chi connectivity index (χ1n) is 3.04. The van der Waals surface area contributed by atoms with E-state index in [0.717, 1.165) is 0 Å². The fourth-order valence-electron chi connectivity index (χ4n) is 0.881. The third-order valence-electron chi connectivity index (χ3n) is 1.74. The zero-order chi connectivity index (χ0) is 7.78. The van der Waals surface area contributed by atoms with Gasteiger partial charge in [-0.2, -0.15) is 0 Å². The van der Waals surface area contributed by atoms with E-state index in [1.165, 1.54) is 0 Å². The first-order chi connectivity index (χ1) is 4.58. The second-order valence-corrected chi connectivity index (χ2v) is 5.29. The number of nitrogens with zero attached hydrogens (tertiary/aromatic N) is 1. The number of hydrogen-bond donors (Lipinski definition) is 0. The van der Waals surface area contributed by atoms with Crippen LogP contribution in [0.15, 0.2) is 11.9 Å². The lowest BCUT2D eigenvalue weighted by atomic mass is 10.3. The molecule has 0 radical (unpaired) electrons. The van der Waals surface area contributed by atoms with Crippen LogP contribution in [-0.2, 0) is 4.57 Å². The summed E-state index contributed by atoms with van der Waals surface area (Å²) in [7, 11) is -0.414. The second kappa shape index (κ2) is 2.27. The van der Waals surface area contributed by atoms with Crippen LogP contribution >= 0.6 is 7.29 Å². The molecule has 1 rings (SSSR count). The highest BCUT2D eigenvalue weighted by atomic mass is 31.2. The number of terminal acetylenes is 1. The van der Waals surface area contributed by atoms with Crippen LogP contribution in [-0.4, -0.2) is 24.4 Å². The van der Waals surface area contributed by atoms with Gasteiger partial charge in [0.1, 0.15) is 0 Å². The van der Waals surface area contributed by atoms with Crippen LogP contribution < -0.4 is 0 Å². The van der Waals surface area contributed by atoms with Gasteiger partial charge in [-0.15, -0.1) is 6.42 Å². The average Bonchev–Trinajstić information content (AvgIpc) is 2.10. The van der Waals surface area contributed by atoms with Crippen molar-refractivity contribution in [1.29, 1.82) is 0 Å². The summed E-state index contributed by atoms with van der Waals surface area (Å²) >= 11 is 0. The zero-order valence-corrected chi connectivity index (χ0v) is 7.01. The Balaban J connectivity index is 2.91. The lowest BCUT2D eigenvalue weighted by Gasteiger charge is -2.18. The van der Waals surface area contributed by atoms with Crippen LogP contribution in [0.3, 0.4) is 0 Å². The van der Waals surface area contributed by atoms with Gasteiger partial charge in [-0.3, -0.25) is 0 Å². The topological polar surface area (TPSA) is 20.3 Å². The van der Waals surface area contributed by atoms with Gasteiger partial charge in [-0.25, -0.2) is 4.67 Å². The highest BCUT2D eigenvalue weighted by Gasteiger charge is 2.28. The average molecular weight is 155 g/mol. The van der Waals surface area contributed by atoms with Gasteiger partial charge in [-0.1, -0.05) is 12.0 Å². The monoisotopic (exact) mass is 155 g/mol. The van der Waals surface area contributed by atoms with E-state index in [4.69, 9.17) is 6.42 Å². The normalized spacial score (nSPS) is 39.9. The maximum atomic E-state index is 11.5. The molecule has 0 aromatic carbocycles. The van der Waals surface area contributed by atoms with E-state index in [1.54, 1.807) is 30.3 Å². The van der Waals surface area contributed by atoms with Gasteiger partial charge >= 0.3 is 0 Å². The minimum absolute atomic E-state index is 0.0733. The molecular weight excluding hydrogens is 145 g/mol. The highest BCUT2D eigenvalue weighted by molar-refractivity contribution is 7.64. The Bertz CT molecular complexity index is 251. The summed E-state index contributed by atoms with van der Waals surface area (Å²) in [5, 5.41) is 0. The molecular formula is C7H10NOP. The molecule has 54 valence electrons. The molecule has 2 atom stereocenters. The van der Waals surface area contributed by atoms with Gasteiger partial charge in [0.25, 0.3) is 0 Å². The molecule has 0 saturated carbocycles. The Labute approximate surface area is 61.3 Å². The molecule has 1 aliphatic rings. The predicted octanol–water partition coefficient (Wildman–Crippen LogP) is 1.36. The summed E-state index contributed by atoms with van der Waals surface area (Å²) in [4.78, 5) is 0. The Morgan fingerprint density at radius 1 is 1.80 bits per heavy atom. The van der Waals surface area contributed by atoms with Crippen molar-refractivity contribution < 1.29 is 4.57 Å². The second-order valence-electron chi connectivity index (χ2n) is 2.47. The van der Waals surface area contributed by atoms with E-state index in [1.807, 2.05) is 0 Å². The fraction of sp³-hybridized carbons (Fsp3) is 0.429. The third-order valence-corrected chi connectivity index (χ3v) is 3.97. The van der Waals surface area contributed by atoms with Crippen molar-refractivity contribution in [3.8, 4) is 12.3 Å². The molecule has 1 aliphatic heterocycles. The highest BCUT2D eigenvalue weighted by Crippen LogP contribution is 2.51. The molecule has 0 fully saturated rings. The van der Waals surface area contributed by atoms with Crippen LogP contribution in [0.4, 0.5) is 0 Å². The summed E-state index contributed by atoms with van der Waals surface area (Å²) < 4.78 is 13.2. The van der Waals surface area contributed by atoms with Crippen molar-refractivity contribution in [3.63, 3.8) is 0 Å². The van der Waals surface area contributed by atoms with Gasteiger partial charge in [0.05, 0.1) is 6.04 Å². The largest absolute Gasteiger partial charge is 0.302 e.